The quantitative estimate of drug-likeness (QED) is 0.885. The van der Waals surface area contributed by atoms with Gasteiger partial charge in [0.1, 0.15) is 5.82 Å². The van der Waals surface area contributed by atoms with Crippen molar-refractivity contribution in [3.05, 3.63) is 35.6 Å². The van der Waals surface area contributed by atoms with E-state index in [1.165, 1.54) is 18.4 Å². The highest BCUT2D eigenvalue weighted by molar-refractivity contribution is 5.17. The van der Waals surface area contributed by atoms with E-state index in [1.54, 1.807) is 12.1 Å². The molecule has 1 N–H and O–H groups in total. The van der Waals surface area contributed by atoms with E-state index in [0.29, 0.717) is 12.0 Å². The Morgan fingerprint density at radius 1 is 1.17 bits per heavy atom. The molecule has 1 saturated heterocycles. The summed E-state index contributed by atoms with van der Waals surface area (Å²) >= 11 is 0. The number of hydrogen-bond donors (Lipinski definition) is 1. The van der Waals surface area contributed by atoms with Gasteiger partial charge in [0.25, 0.3) is 0 Å². The highest BCUT2D eigenvalue weighted by Crippen LogP contribution is 2.26. The topological polar surface area (TPSA) is 21.3 Å². The Morgan fingerprint density at radius 3 is 2.67 bits per heavy atom. The monoisotopic (exact) mass is 249 g/mol. The largest absolute Gasteiger partial charge is 0.381 e. The van der Waals surface area contributed by atoms with Crippen LogP contribution >= 0.6 is 0 Å². The molecule has 3 heteroatoms. The zero-order valence-corrected chi connectivity index (χ0v) is 10.6. The molecule has 0 bridgehead atoms. The molecular formula is C15H20FNO. The Kier molecular flexibility index (Phi) is 3.62. The highest BCUT2D eigenvalue weighted by atomic mass is 19.1. The van der Waals surface area contributed by atoms with E-state index in [-0.39, 0.29) is 5.82 Å². The molecule has 2 atom stereocenters. The van der Waals surface area contributed by atoms with Crippen molar-refractivity contribution in [3.8, 4) is 0 Å². The van der Waals surface area contributed by atoms with Gasteiger partial charge in [-0.3, -0.25) is 0 Å². The first-order valence-electron chi connectivity index (χ1n) is 6.89. The molecule has 1 heterocycles. The van der Waals surface area contributed by atoms with Gasteiger partial charge in [-0.25, -0.2) is 4.39 Å². The number of hydrogen-bond acceptors (Lipinski definition) is 2. The van der Waals surface area contributed by atoms with Crippen LogP contribution in [0.25, 0.3) is 0 Å². The average molecular weight is 249 g/mol. The summed E-state index contributed by atoms with van der Waals surface area (Å²) < 4.78 is 18.5. The molecule has 0 aromatic heterocycles. The van der Waals surface area contributed by atoms with E-state index in [9.17, 15) is 4.39 Å². The smallest absolute Gasteiger partial charge is 0.123 e. The molecule has 0 amide bonds. The minimum atomic E-state index is -0.161. The lowest BCUT2D eigenvalue weighted by molar-refractivity contribution is 0.0316. The second-order valence-electron chi connectivity index (χ2n) is 5.50. The zero-order chi connectivity index (χ0) is 12.4. The lowest BCUT2D eigenvalue weighted by Gasteiger charge is -2.32. The van der Waals surface area contributed by atoms with Crippen molar-refractivity contribution in [2.45, 2.75) is 37.8 Å². The number of nitrogens with one attached hydrogen (secondary N) is 1. The van der Waals surface area contributed by atoms with Gasteiger partial charge in [-0.05, 0) is 43.4 Å². The Balaban J connectivity index is 1.62. The maximum atomic E-state index is 12.9. The van der Waals surface area contributed by atoms with Gasteiger partial charge in [-0.2, -0.15) is 0 Å². The molecule has 2 aliphatic rings. The van der Waals surface area contributed by atoms with E-state index in [0.717, 1.165) is 32.1 Å². The fourth-order valence-corrected chi connectivity index (χ4v) is 2.69. The Morgan fingerprint density at radius 2 is 1.94 bits per heavy atom. The van der Waals surface area contributed by atoms with Gasteiger partial charge in [0.05, 0.1) is 6.61 Å². The first kappa shape index (κ1) is 12.1. The van der Waals surface area contributed by atoms with Crippen molar-refractivity contribution in [2.24, 2.45) is 5.92 Å². The van der Waals surface area contributed by atoms with Crippen LogP contribution in [0.3, 0.4) is 0 Å². The summed E-state index contributed by atoms with van der Waals surface area (Å²) in [7, 11) is 0. The normalized spacial score (nSPS) is 28.3. The summed E-state index contributed by atoms with van der Waals surface area (Å²) in [6, 6.07) is 8.17. The second kappa shape index (κ2) is 5.37. The lowest BCUT2D eigenvalue weighted by atomic mass is 9.89. The van der Waals surface area contributed by atoms with Crippen LogP contribution in [0, 0.1) is 11.7 Å². The zero-order valence-electron chi connectivity index (χ0n) is 10.6. The molecule has 2 fully saturated rings. The van der Waals surface area contributed by atoms with Crippen LogP contribution in [0.4, 0.5) is 4.39 Å². The third-order valence-electron chi connectivity index (χ3n) is 3.91. The predicted octanol–water partition coefficient (Wildman–Crippen LogP) is 2.53. The minimum Gasteiger partial charge on any atom is -0.381 e. The molecule has 1 aliphatic carbocycles. The van der Waals surface area contributed by atoms with Crippen molar-refractivity contribution in [2.75, 3.05) is 13.2 Å². The number of rotatable bonds is 4. The molecule has 18 heavy (non-hydrogen) atoms. The molecule has 0 spiro atoms. The molecule has 98 valence electrons. The van der Waals surface area contributed by atoms with Crippen LogP contribution < -0.4 is 5.32 Å². The first-order chi connectivity index (χ1) is 8.81. The van der Waals surface area contributed by atoms with Gasteiger partial charge >= 0.3 is 0 Å². The highest BCUT2D eigenvalue weighted by Gasteiger charge is 2.31. The molecule has 2 nitrogen and oxygen atoms in total. The number of ether oxygens (including phenoxy) is 1. The fourth-order valence-electron chi connectivity index (χ4n) is 2.69. The van der Waals surface area contributed by atoms with Crippen LogP contribution in [0.5, 0.6) is 0 Å². The van der Waals surface area contributed by atoms with Crippen LogP contribution in [0.2, 0.25) is 0 Å². The van der Waals surface area contributed by atoms with Gasteiger partial charge < -0.3 is 10.1 Å². The summed E-state index contributed by atoms with van der Waals surface area (Å²) in [6.45, 7) is 1.69. The SMILES string of the molecule is Fc1ccc(C[C@@H]2COCC[C@@H]2NC2CC2)cc1. The fraction of sp³-hybridized carbons (Fsp3) is 0.600. The molecular weight excluding hydrogens is 229 g/mol. The van der Waals surface area contributed by atoms with Crippen molar-refractivity contribution in [1.29, 1.82) is 0 Å². The first-order valence-corrected chi connectivity index (χ1v) is 6.89. The second-order valence-corrected chi connectivity index (χ2v) is 5.50. The lowest BCUT2D eigenvalue weighted by Crippen LogP contribution is -2.44. The van der Waals surface area contributed by atoms with E-state index < -0.39 is 0 Å². The van der Waals surface area contributed by atoms with Gasteiger partial charge in [-0.1, -0.05) is 12.1 Å². The third-order valence-corrected chi connectivity index (χ3v) is 3.91. The summed E-state index contributed by atoms with van der Waals surface area (Å²) in [4.78, 5) is 0. The van der Waals surface area contributed by atoms with Crippen molar-refractivity contribution >= 4 is 0 Å². The van der Waals surface area contributed by atoms with Crippen LogP contribution in [0.15, 0.2) is 24.3 Å². The maximum Gasteiger partial charge on any atom is 0.123 e. The van der Waals surface area contributed by atoms with E-state index >= 15 is 0 Å². The van der Waals surface area contributed by atoms with Gasteiger partial charge in [-0.15, -0.1) is 0 Å². The number of halogens is 1. The Bertz CT molecular complexity index is 388. The van der Waals surface area contributed by atoms with Gasteiger partial charge in [0.2, 0.25) is 0 Å². The van der Waals surface area contributed by atoms with Crippen LogP contribution in [-0.4, -0.2) is 25.3 Å². The van der Waals surface area contributed by atoms with Gasteiger partial charge in [0.15, 0.2) is 0 Å². The molecule has 0 radical (unpaired) electrons. The predicted molar refractivity (Wildman–Crippen MR) is 69.0 cm³/mol. The van der Waals surface area contributed by atoms with Crippen LogP contribution in [0.1, 0.15) is 24.8 Å². The average Bonchev–Trinajstić information content (AvgIpc) is 3.18. The van der Waals surface area contributed by atoms with Crippen molar-refractivity contribution in [1.82, 2.24) is 5.32 Å². The maximum absolute atomic E-state index is 12.9. The summed E-state index contributed by atoms with van der Waals surface area (Å²) in [6.07, 6.45) is 4.72. The Hall–Kier alpha value is -0.930. The van der Waals surface area contributed by atoms with E-state index in [2.05, 4.69) is 5.32 Å². The van der Waals surface area contributed by atoms with Crippen LogP contribution in [-0.2, 0) is 11.2 Å². The summed E-state index contributed by atoms with van der Waals surface area (Å²) in [5.74, 6) is 0.358. The van der Waals surface area contributed by atoms with Gasteiger partial charge in [0, 0.05) is 24.6 Å². The molecule has 1 aromatic rings. The van der Waals surface area contributed by atoms with E-state index in [1.807, 2.05) is 12.1 Å². The molecule has 1 saturated carbocycles. The molecule has 1 aliphatic heterocycles. The Labute approximate surface area is 108 Å². The van der Waals surface area contributed by atoms with E-state index in [4.69, 9.17) is 4.74 Å². The van der Waals surface area contributed by atoms with Crippen molar-refractivity contribution < 1.29 is 9.13 Å². The summed E-state index contributed by atoms with van der Waals surface area (Å²) in [5.41, 5.74) is 1.20. The summed E-state index contributed by atoms with van der Waals surface area (Å²) in [5, 5.41) is 3.72. The molecule has 1 aromatic carbocycles. The number of benzene rings is 1. The minimum absolute atomic E-state index is 0.161. The third kappa shape index (κ3) is 3.09. The standard InChI is InChI=1S/C15H20FNO/c16-13-3-1-11(2-4-13)9-12-10-18-8-7-15(12)17-14-5-6-14/h1-4,12,14-15,17H,5-10H2/t12-,15+/m1/s1. The van der Waals surface area contributed by atoms with Crippen molar-refractivity contribution in [3.63, 3.8) is 0 Å². The molecule has 0 unspecified atom stereocenters. The molecule has 3 rings (SSSR count).